The molecular formula is C30H30N2O3. The molecule has 1 aliphatic heterocycles. The molecule has 1 heterocycles. The first-order chi connectivity index (χ1) is 17.0. The molecule has 1 fully saturated rings. The quantitative estimate of drug-likeness (QED) is 0.371. The Bertz CT molecular complexity index is 1210. The van der Waals surface area contributed by atoms with Crippen LogP contribution in [-0.2, 0) is 11.3 Å². The van der Waals surface area contributed by atoms with Crippen LogP contribution in [0.3, 0.4) is 0 Å². The molecule has 0 radical (unpaired) electrons. The van der Waals surface area contributed by atoms with Gasteiger partial charge in [-0.15, -0.1) is 6.58 Å². The predicted molar refractivity (Wildman–Crippen MR) is 137 cm³/mol. The number of likely N-dealkylation sites (tertiary alicyclic amines) is 1. The number of allylic oxidation sites excluding steroid dienone is 1. The lowest BCUT2D eigenvalue weighted by Crippen LogP contribution is -2.35. The summed E-state index contributed by atoms with van der Waals surface area (Å²) in [5, 5.41) is 8.98. The summed E-state index contributed by atoms with van der Waals surface area (Å²) in [6, 6.07) is 25.4. The van der Waals surface area contributed by atoms with Gasteiger partial charge in [-0.1, -0.05) is 42.5 Å². The van der Waals surface area contributed by atoms with E-state index in [4.69, 9.17) is 14.7 Å². The Morgan fingerprint density at radius 2 is 1.63 bits per heavy atom. The molecule has 1 amide bonds. The fraction of sp³-hybridized carbons (Fsp3) is 0.267. The van der Waals surface area contributed by atoms with Crippen molar-refractivity contribution in [1.29, 1.82) is 5.26 Å². The molecule has 0 aromatic heterocycles. The average molecular weight is 467 g/mol. The molecule has 1 aliphatic rings. The SMILES string of the molecule is C=CCC1(C)C(=O)N(Cc2ccc(OC)cc2)CC1COc1ccc(-c2ccc(C#N)cc2)cc1. The van der Waals surface area contributed by atoms with E-state index in [1.807, 2.05) is 90.7 Å². The molecule has 178 valence electrons. The van der Waals surface area contributed by atoms with Crippen LogP contribution in [0.25, 0.3) is 11.1 Å². The second-order valence-corrected chi connectivity index (χ2v) is 9.17. The van der Waals surface area contributed by atoms with Crippen LogP contribution in [0, 0.1) is 22.7 Å². The zero-order valence-electron chi connectivity index (χ0n) is 20.2. The molecule has 0 aliphatic carbocycles. The van der Waals surface area contributed by atoms with Crippen LogP contribution in [0.5, 0.6) is 11.5 Å². The fourth-order valence-corrected chi connectivity index (χ4v) is 4.64. The van der Waals surface area contributed by atoms with Crippen molar-refractivity contribution in [2.24, 2.45) is 11.3 Å². The maximum atomic E-state index is 13.4. The molecule has 2 atom stereocenters. The highest BCUT2D eigenvalue weighted by Gasteiger charge is 2.49. The van der Waals surface area contributed by atoms with Gasteiger partial charge in [0.1, 0.15) is 11.5 Å². The first kappa shape index (κ1) is 24.1. The van der Waals surface area contributed by atoms with Crippen molar-refractivity contribution < 1.29 is 14.3 Å². The predicted octanol–water partition coefficient (Wildman–Crippen LogP) is 5.85. The lowest BCUT2D eigenvalue weighted by molar-refractivity contribution is -0.136. The summed E-state index contributed by atoms with van der Waals surface area (Å²) in [5.74, 6) is 1.75. The minimum Gasteiger partial charge on any atom is -0.497 e. The highest BCUT2D eigenvalue weighted by molar-refractivity contribution is 5.85. The number of hydrogen-bond acceptors (Lipinski definition) is 4. The van der Waals surface area contributed by atoms with E-state index in [-0.39, 0.29) is 11.8 Å². The second kappa shape index (κ2) is 10.5. The summed E-state index contributed by atoms with van der Waals surface area (Å²) in [6.07, 6.45) is 2.44. The number of nitriles is 1. The normalized spacial score (nSPS) is 19.3. The molecule has 0 saturated carbocycles. The summed E-state index contributed by atoms with van der Waals surface area (Å²) >= 11 is 0. The zero-order valence-corrected chi connectivity index (χ0v) is 20.2. The van der Waals surface area contributed by atoms with E-state index in [9.17, 15) is 4.79 Å². The maximum Gasteiger partial charge on any atom is 0.229 e. The van der Waals surface area contributed by atoms with Gasteiger partial charge in [0.2, 0.25) is 5.91 Å². The van der Waals surface area contributed by atoms with Gasteiger partial charge < -0.3 is 14.4 Å². The van der Waals surface area contributed by atoms with Gasteiger partial charge in [0.25, 0.3) is 0 Å². The zero-order chi connectivity index (χ0) is 24.8. The molecule has 5 nitrogen and oxygen atoms in total. The van der Waals surface area contributed by atoms with Crippen molar-refractivity contribution in [3.63, 3.8) is 0 Å². The number of methoxy groups -OCH3 is 1. The standard InChI is InChI=1S/C30H30N2O3/c1-4-17-30(2)26(20-32(29(30)33)19-23-7-13-27(34-3)14-8-23)21-35-28-15-11-25(12-16-28)24-9-5-22(18-31)6-10-24/h4-16,26H,1,17,19-21H2,2-3H3. The van der Waals surface area contributed by atoms with Crippen LogP contribution in [0.2, 0.25) is 0 Å². The van der Waals surface area contributed by atoms with Gasteiger partial charge >= 0.3 is 0 Å². The Morgan fingerprint density at radius 3 is 2.20 bits per heavy atom. The van der Waals surface area contributed by atoms with Crippen molar-refractivity contribution >= 4 is 5.91 Å². The molecular weight excluding hydrogens is 436 g/mol. The first-order valence-corrected chi connectivity index (χ1v) is 11.7. The van der Waals surface area contributed by atoms with Gasteiger partial charge in [-0.2, -0.15) is 5.26 Å². The summed E-state index contributed by atoms with van der Waals surface area (Å²) in [5.41, 5.74) is 3.27. The number of ether oxygens (including phenoxy) is 2. The topological polar surface area (TPSA) is 62.6 Å². The summed E-state index contributed by atoms with van der Waals surface area (Å²) in [7, 11) is 1.64. The van der Waals surface area contributed by atoms with Crippen molar-refractivity contribution in [1.82, 2.24) is 4.90 Å². The minimum atomic E-state index is -0.545. The van der Waals surface area contributed by atoms with E-state index in [1.165, 1.54) is 0 Å². The number of hydrogen-bond donors (Lipinski definition) is 0. The van der Waals surface area contributed by atoms with E-state index in [0.29, 0.717) is 31.7 Å². The van der Waals surface area contributed by atoms with E-state index >= 15 is 0 Å². The highest BCUT2D eigenvalue weighted by Crippen LogP contribution is 2.41. The van der Waals surface area contributed by atoms with Crippen molar-refractivity contribution in [3.8, 4) is 28.7 Å². The molecule has 2 unspecified atom stereocenters. The average Bonchev–Trinajstić information content (AvgIpc) is 3.12. The van der Waals surface area contributed by atoms with E-state index < -0.39 is 5.41 Å². The van der Waals surface area contributed by atoms with E-state index in [1.54, 1.807) is 7.11 Å². The van der Waals surface area contributed by atoms with Crippen molar-refractivity contribution in [2.75, 3.05) is 20.3 Å². The van der Waals surface area contributed by atoms with Gasteiger partial charge in [0.15, 0.2) is 0 Å². The number of carbonyl (C=O) groups is 1. The second-order valence-electron chi connectivity index (χ2n) is 9.17. The van der Waals surface area contributed by atoms with E-state index in [0.717, 1.165) is 28.2 Å². The largest absolute Gasteiger partial charge is 0.497 e. The van der Waals surface area contributed by atoms with Gasteiger partial charge in [-0.25, -0.2) is 0 Å². The van der Waals surface area contributed by atoms with Gasteiger partial charge in [0, 0.05) is 19.0 Å². The van der Waals surface area contributed by atoms with Gasteiger partial charge in [-0.05, 0) is 66.4 Å². The smallest absolute Gasteiger partial charge is 0.229 e. The molecule has 5 heteroatoms. The molecule has 0 bridgehead atoms. The lowest BCUT2D eigenvalue weighted by atomic mass is 9.77. The maximum absolute atomic E-state index is 13.4. The number of amides is 1. The molecule has 35 heavy (non-hydrogen) atoms. The van der Waals surface area contributed by atoms with Crippen LogP contribution in [-0.4, -0.2) is 31.1 Å². The molecule has 0 spiro atoms. The molecule has 4 rings (SSSR count). The highest BCUT2D eigenvalue weighted by atomic mass is 16.5. The van der Waals surface area contributed by atoms with Crippen molar-refractivity contribution in [3.05, 3.63) is 96.6 Å². The van der Waals surface area contributed by atoms with Crippen LogP contribution in [0.15, 0.2) is 85.5 Å². The van der Waals surface area contributed by atoms with Crippen LogP contribution >= 0.6 is 0 Å². The van der Waals surface area contributed by atoms with Gasteiger partial charge in [-0.3, -0.25) is 4.79 Å². The molecule has 0 N–H and O–H groups in total. The van der Waals surface area contributed by atoms with Gasteiger partial charge in [0.05, 0.1) is 30.8 Å². The monoisotopic (exact) mass is 466 g/mol. The number of benzene rings is 3. The minimum absolute atomic E-state index is 0.0458. The Morgan fingerprint density at radius 1 is 1.03 bits per heavy atom. The summed E-state index contributed by atoms with van der Waals surface area (Å²) in [4.78, 5) is 15.3. The Labute approximate surface area is 207 Å². The fourth-order valence-electron chi connectivity index (χ4n) is 4.64. The molecule has 3 aromatic rings. The first-order valence-electron chi connectivity index (χ1n) is 11.7. The van der Waals surface area contributed by atoms with Crippen LogP contribution in [0.4, 0.5) is 0 Å². The molecule has 1 saturated heterocycles. The Hall–Kier alpha value is -4.04. The number of nitrogens with zero attached hydrogens (tertiary/aromatic N) is 2. The Kier molecular flexibility index (Phi) is 7.22. The third-order valence-corrected chi connectivity index (χ3v) is 6.87. The van der Waals surface area contributed by atoms with Crippen LogP contribution < -0.4 is 9.47 Å². The Balaban J connectivity index is 1.43. The summed E-state index contributed by atoms with van der Waals surface area (Å²) < 4.78 is 11.4. The third kappa shape index (κ3) is 5.22. The van der Waals surface area contributed by atoms with Crippen molar-refractivity contribution in [2.45, 2.75) is 19.9 Å². The lowest BCUT2D eigenvalue weighted by Gasteiger charge is -2.27. The summed E-state index contributed by atoms with van der Waals surface area (Å²) in [6.45, 7) is 7.56. The van der Waals surface area contributed by atoms with Crippen LogP contribution in [0.1, 0.15) is 24.5 Å². The number of carbonyl (C=O) groups excluding carboxylic acids is 1. The third-order valence-electron chi connectivity index (χ3n) is 6.87. The number of rotatable bonds is 9. The van der Waals surface area contributed by atoms with E-state index in [2.05, 4.69) is 12.6 Å². The molecule has 3 aromatic carbocycles.